The maximum absolute atomic E-state index is 9.94. The van der Waals surface area contributed by atoms with E-state index in [-0.39, 0.29) is 6.54 Å². The van der Waals surface area contributed by atoms with Crippen molar-refractivity contribution in [1.82, 2.24) is 4.90 Å². The lowest BCUT2D eigenvalue weighted by molar-refractivity contribution is 0.00596. The van der Waals surface area contributed by atoms with Crippen LogP contribution in [0.2, 0.25) is 0 Å². The first kappa shape index (κ1) is 7.17. The highest BCUT2D eigenvalue weighted by molar-refractivity contribution is 5.82. The third-order valence-corrected chi connectivity index (χ3v) is 2.08. The molecule has 0 aliphatic carbocycles. The third kappa shape index (κ3) is 0.683. The van der Waals surface area contributed by atoms with Crippen LogP contribution in [0.3, 0.4) is 0 Å². The van der Waals surface area contributed by atoms with Gasteiger partial charge in [0.05, 0.1) is 12.2 Å². The molecule has 0 fully saturated rings. The van der Waals surface area contributed by atoms with Gasteiger partial charge in [-0.3, -0.25) is 4.90 Å². The lowest BCUT2D eigenvalue weighted by Gasteiger charge is -2.33. The molecule has 0 aromatic carbocycles. The average Bonchev–Trinajstić information content (AvgIpc) is 2.33. The Hall–Kier alpha value is -1.49. The van der Waals surface area contributed by atoms with Crippen molar-refractivity contribution in [3.8, 4) is 0 Å². The molecule has 1 unspecified atom stereocenters. The van der Waals surface area contributed by atoms with Crippen molar-refractivity contribution >= 4 is 5.96 Å². The smallest absolute Gasteiger partial charge is 0.205 e. The van der Waals surface area contributed by atoms with E-state index in [9.17, 15) is 5.11 Å². The van der Waals surface area contributed by atoms with E-state index in [1.807, 2.05) is 0 Å². The van der Waals surface area contributed by atoms with Crippen molar-refractivity contribution in [3.05, 3.63) is 24.0 Å². The summed E-state index contributed by atoms with van der Waals surface area (Å²) in [7, 11) is 0. The fraction of sp³-hybridized carbons (Fsp3) is 0.286. The summed E-state index contributed by atoms with van der Waals surface area (Å²) in [5, 5.41) is 9.94. The molecule has 2 heterocycles. The number of guanidine groups is 1. The van der Waals surface area contributed by atoms with Crippen molar-refractivity contribution in [2.24, 2.45) is 16.5 Å². The van der Waals surface area contributed by atoms with Crippen molar-refractivity contribution in [1.29, 1.82) is 0 Å². The highest BCUT2D eigenvalue weighted by Gasteiger charge is 2.42. The number of hydrogen-bond acceptors (Lipinski definition) is 5. The van der Waals surface area contributed by atoms with Crippen molar-refractivity contribution in [3.63, 3.8) is 0 Å². The Kier molecular flexibility index (Phi) is 1.20. The van der Waals surface area contributed by atoms with Crippen LogP contribution >= 0.6 is 0 Å². The number of rotatable bonds is 0. The van der Waals surface area contributed by atoms with E-state index >= 15 is 0 Å². The van der Waals surface area contributed by atoms with Crippen LogP contribution in [0.1, 0.15) is 0 Å². The average molecular weight is 166 g/mol. The van der Waals surface area contributed by atoms with Crippen LogP contribution in [-0.4, -0.2) is 28.2 Å². The number of hydrogen-bond donors (Lipinski definition) is 3. The summed E-state index contributed by atoms with van der Waals surface area (Å²) in [5.74, 6) is 0.296. The largest absolute Gasteiger partial charge is 0.398 e. The topological polar surface area (TPSA) is 87.9 Å². The van der Waals surface area contributed by atoms with Gasteiger partial charge < -0.3 is 16.6 Å². The molecule has 5 nitrogen and oxygen atoms in total. The Balaban J connectivity index is 2.43. The summed E-state index contributed by atoms with van der Waals surface area (Å²) >= 11 is 0. The summed E-state index contributed by atoms with van der Waals surface area (Å²) in [6.45, 7) is 0.200. The van der Waals surface area contributed by atoms with Gasteiger partial charge in [-0.25, -0.2) is 4.99 Å². The molecule has 0 bridgehead atoms. The second-order valence-electron chi connectivity index (χ2n) is 2.82. The Morgan fingerprint density at radius 3 is 3.00 bits per heavy atom. The highest BCUT2D eigenvalue weighted by atomic mass is 16.3. The minimum absolute atomic E-state index is 0.200. The SMILES string of the molecule is NC1=CC=CN2C(N)=NCC12O. The number of aliphatic hydroxyl groups is 1. The zero-order valence-electron chi connectivity index (χ0n) is 6.44. The quantitative estimate of drug-likeness (QED) is 0.416. The van der Waals surface area contributed by atoms with Crippen molar-refractivity contribution < 1.29 is 5.11 Å². The highest BCUT2D eigenvalue weighted by Crippen LogP contribution is 2.26. The van der Waals surface area contributed by atoms with Crippen LogP contribution in [-0.2, 0) is 0 Å². The first-order chi connectivity index (χ1) is 5.64. The Morgan fingerprint density at radius 1 is 1.58 bits per heavy atom. The van der Waals surface area contributed by atoms with Gasteiger partial charge in [-0.1, -0.05) is 0 Å². The molecule has 2 rings (SSSR count). The molecule has 0 radical (unpaired) electrons. The summed E-state index contributed by atoms with van der Waals surface area (Å²) in [5.41, 5.74) is 10.3. The van der Waals surface area contributed by atoms with E-state index in [1.54, 1.807) is 18.4 Å². The van der Waals surface area contributed by atoms with Crippen LogP contribution in [0.25, 0.3) is 0 Å². The van der Waals surface area contributed by atoms with Crippen LogP contribution in [0.4, 0.5) is 0 Å². The molecule has 0 amide bonds. The maximum Gasteiger partial charge on any atom is 0.205 e. The molecule has 5 heteroatoms. The molecule has 0 aromatic heterocycles. The Bertz CT molecular complexity index is 307. The van der Waals surface area contributed by atoms with Gasteiger partial charge in [-0.15, -0.1) is 0 Å². The van der Waals surface area contributed by atoms with E-state index in [2.05, 4.69) is 4.99 Å². The fourth-order valence-electron chi connectivity index (χ4n) is 1.33. The molecule has 2 aliphatic rings. The van der Waals surface area contributed by atoms with E-state index < -0.39 is 5.72 Å². The normalized spacial score (nSPS) is 32.9. The molecule has 0 saturated heterocycles. The van der Waals surface area contributed by atoms with Gasteiger partial charge in [0.15, 0.2) is 5.96 Å². The van der Waals surface area contributed by atoms with E-state index in [0.717, 1.165) is 0 Å². The summed E-state index contributed by atoms with van der Waals surface area (Å²) in [4.78, 5) is 5.36. The number of fused-ring (bicyclic) bond motifs is 1. The van der Waals surface area contributed by atoms with Gasteiger partial charge >= 0.3 is 0 Å². The first-order valence-electron chi connectivity index (χ1n) is 3.61. The van der Waals surface area contributed by atoms with Crippen LogP contribution < -0.4 is 11.5 Å². The lowest BCUT2D eigenvalue weighted by Crippen LogP contribution is -2.52. The molecule has 5 N–H and O–H groups in total. The van der Waals surface area contributed by atoms with Gasteiger partial charge in [0.2, 0.25) is 5.72 Å². The molecule has 0 aromatic rings. The number of nitrogens with two attached hydrogens (primary N) is 2. The van der Waals surface area contributed by atoms with E-state index in [0.29, 0.717) is 11.7 Å². The molecule has 0 spiro atoms. The van der Waals surface area contributed by atoms with Gasteiger partial charge in [0.25, 0.3) is 0 Å². The lowest BCUT2D eigenvalue weighted by atomic mass is 10.1. The summed E-state index contributed by atoms with van der Waals surface area (Å²) in [6.07, 6.45) is 5.02. The number of aliphatic imine (C=N–C) groups is 1. The van der Waals surface area contributed by atoms with Crippen molar-refractivity contribution in [2.75, 3.05) is 6.54 Å². The van der Waals surface area contributed by atoms with E-state index in [4.69, 9.17) is 11.5 Å². The van der Waals surface area contributed by atoms with Crippen LogP contribution in [0.15, 0.2) is 29.0 Å². The Labute approximate surface area is 69.7 Å². The second-order valence-corrected chi connectivity index (χ2v) is 2.82. The molecule has 0 saturated carbocycles. The van der Waals surface area contributed by atoms with Crippen LogP contribution in [0, 0.1) is 0 Å². The predicted molar refractivity (Wildman–Crippen MR) is 44.7 cm³/mol. The molecule has 2 aliphatic heterocycles. The number of nitrogens with zero attached hydrogens (tertiary/aromatic N) is 2. The zero-order valence-corrected chi connectivity index (χ0v) is 6.44. The fourth-order valence-corrected chi connectivity index (χ4v) is 1.33. The predicted octanol–water partition coefficient (Wildman–Crippen LogP) is -1.32. The Morgan fingerprint density at radius 2 is 2.33 bits per heavy atom. The molecule has 12 heavy (non-hydrogen) atoms. The second kappa shape index (κ2) is 2.01. The van der Waals surface area contributed by atoms with Crippen LogP contribution in [0.5, 0.6) is 0 Å². The van der Waals surface area contributed by atoms with Gasteiger partial charge in [-0.2, -0.15) is 0 Å². The van der Waals surface area contributed by atoms with Crippen molar-refractivity contribution in [2.45, 2.75) is 5.72 Å². The summed E-state index contributed by atoms with van der Waals surface area (Å²) in [6, 6.07) is 0. The standard InChI is InChI=1S/C7H10N4O/c8-5-2-1-3-11-6(9)10-4-7(5,11)12/h1-3,12H,4,8H2,(H2,9,10). The molecular formula is C7H10N4O. The third-order valence-electron chi connectivity index (χ3n) is 2.08. The molecular weight excluding hydrogens is 156 g/mol. The molecule has 1 atom stereocenters. The van der Waals surface area contributed by atoms with Gasteiger partial charge in [-0.05, 0) is 12.2 Å². The van der Waals surface area contributed by atoms with E-state index in [1.165, 1.54) is 4.90 Å². The number of allylic oxidation sites excluding steroid dienone is 2. The minimum Gasteiger partial charge on any atom is -0.398 e. The van der Waals surface area contributed by atoms with Gasteiger partial charge in [0, 0.05) is 6.20 Å². The summed E-state index contributed by atoms with van der Waals surface area (Å²) < 4.78 is 0. The molecule has 64 valence electrons. The minimum atomic E-state index is -1.22. The maximum atomic E-state index is 9.94. The first-order valence-corrected chi connectivity index (χ1v) is 3.61. The zero-order chi connectivity index (χ0) is 8.77. The van der Waals surface area contributed by atoms with Gasteiger partial charge in [0.1, 0.15) is 0 Å². The monoisotopic (exact) mass is 166 g/mol.